The van der Waals surface area contributed by atoms with Gasteiger partial charge < -0.3 is 15.4 Å². The van der Waals surface area contributed by atoms with Gasteiger partial charge in [-0.2, -0.15) is 4.99 Å². The molecular weight excluding hydrogens is 463 g/mol. The summed E-state index contributed by atoms with van der Waals surface area (Å²) in [5.74, 6) is -3.03. The number of benzene rings is 2. The Morgan fingerprint density at radius 1 is 1.18 bits per heavy atom. The molecule has 5 nitrogen and oxygen atoms in total. The van der Waals surface area contributed by atoms with E-state index in [-0.39, 0.29) is 37.7 Å². The number of likely N-dealkylation sites (tertiary alicyclic amines) is 1. The molecule has 2 aromatic carbocycles. The normalized spacial score (nSPS) is 19.1. The van der Waals surface area contributed by atoms with Gasteiger partial charge >= 0.3 is 6.03 Å². The number of alkyl halides is 2. The highest BCUT2D eigenvalue weighted by molar-refractivity contribution is 7.98. The van der Waals surface area contributed by atoms with E-state index in [0.29, 0.717) is 22.4 Å². The van der Waals surface area contributed by atoms with Gasteiger partial charge in [0.1, 0.15) is 17.4 Å². The van der Waals surface area contributed by atoms with Crippen LogP contribution >= 0.6 is 11.8 Å². The molecule has 0 atom stereocenters. The van der Waals surface area contributed by atoms with E-state index in [1.807, 2.05) is 20.1 Å². The highest BCUT2D eigenvalue weighted by Crippen LogP contribution is 2.49. The third kappa shape index (κ3) is 4.50. The second-order valence-electron chi connectivity index (χ2n) is 9.11. The predicted molar refractivity (Wildman–Crippen MR) is 128 cm³/mol. The largest absolute Gasteiger partial charge is 0.481 e. The van der Waals surface area contributed by atoms with Gasteiger partial charge in [0.05, 0.1) is 0 Å². The predicted octanol–water partition coefficient (Wildman–Crippen LogP) is 5.75. The fraction of sp³-hybridized carbons (Fsp3) is 0.440. The quantitative estimate of drug-likeness (QED) is 0.337. The minimum absolute atomic E-state index is 0.0190. The summed E-state index contributed by atoms with van der Waals surface area (Å²) in [6.45, 7) is 3.85. The van der Waals surface area contributed by atoms with Gasteiger partial charge in [0, 0.05) is 54.3 Å². The van der Waals surface area contributed by atoms with Crippen molar-refractivity contribution in [3.63, 3.8) is 0 Å². The Kier molecular flexibility index (Phi) is 6.59. The summed E-state index contributed by atoms with van der Waals surface area (Å²) in [4.78, 5) is 18.5. The van der Waals surface area contributed by atoms with Gasteiger partial charge in [-0.05, 0) is 36.1 Å². The Hall–Kier alpha value is -2.68. The van der Waals surface area contributed by atoms with E-state index in [1.54, 1.807) is 30.3 Å². The zero-order valence-electron chi connectivity index (χ0n) is 19.4. The maximum absolute atomic E-state index is 15.4. The number of hydrogen-bond acceptors (Lipinski definition) is 3. The highest BCUT2D eigenvalue weighted by Gasteiger charge is 2.59. The lowest BCUT2D eigenvalue weighted by molar-refractivity contribution is -0.192. The number of hydrogen-bond donors (Lipinski definition) is 1. The van der Waals surface area contributed by atoms with Crippen molar-refractivity contribution in [3.05, 3.63) is 47.8 Å². The molecule has 0 unspecified atom stereocenters. The van der Waals surface area contributed by atoms with Crippen LogP contribution in [0.15, 0.2) is 46.3 Å². The van der Waals surface area contributed by atoms with Crippen molar-refractivity contribution in [1.29, 1.82) is 0 Å². The van der Waals surface area contributed by atoms with E-state index in [2.05, 4.69) is 4.99 Å². The van der Waals surface area contributed by atoms with Gasteiger partial charge in [-0.1, -0.05) is 26.0 Å². The van der Waals surface area contributed by atoms with E-state index in [0.717, 1.165) is 4.90 Å². The smallest absolute Gasteiger partial charge is 0.345 e. The molecule has 182 valence electrons. The Bertz CT molecular complexity index is 1130. The molecular formula is C25H28F3N3O2S. The summed E-state index contributed by atoms with van der Waals surface area (Å²) in [5.41, 5.74) is 5.30. The van der Waals surface area contributed by atoms with Gasteiger partial charge in [-0.25, -0.2) is 18.0 Å². The Morgan fingerprint density at radius 2 is 1.88 bits per heavy atom. The van der Waals surface area contributed by atoms with Gasteiger partial charge in [0.15, 0.2) is 5.60 Å². The number of urea groups is 1. The van der Waals surface area contributed by atoms with E-state index in [9.17, 15) is 9.18 Å². The maximum atomic E-state index is 15.4. The molecule has 2 N–H and O–H groups in total. The van der Waals surface area contributed by atoms with E-state index in [4.69, 9.17) is 10.5 Å². The van der Waals surface area contributed by atoms with Crippen LogP contribution in [-0.2, 0) is 6.42 Å². The van der Waals surface area contributed by atoms with Crippen LogP contribution in [0, 0.1) is 11.7 Å². The van der Waals surface area contributed by atoms with Crippen LogP contribution in [0.3, 0.4) is 0 Å². The van der Waals surface area contributed by atoms with Crippen molar-refractivity contribution >= 4 is 23.6 Å². The maximum Gasteiger partial charge on any atom is 0.345 e. The first-order chi connectivity index (χ1) is 16.0. The summed E-state index contributed by atoms with van der Waals surface area (Å²) < 4.78 is 51.4. The average Bonchev–Trinajstić information content (AvgIpc) is 2.79. The monoisotopic (exact) mass is 491 g/mol. The number of carbonyl (C=O) groups excluding carboxylic acids is 1. The highest BCUT2D eigenvalue weighted by atomic mass is 32.2. The second kappa shape index (κ2) is 9.17. The topological polar surface area (TPSA) is 67.9 Å². The Balaban J connectivity index is 1.54. The van der Waals surface area contributed by atoms with Gasteiger partial charge in [0.2, 0.25) is 0 Å². The number of rotatable bonds is 3. The fourth-order valence-corrected chi connectivity index (χ4v) is 4.79. The SMILES string of the molecule is CSc1ccc(-c2ccc3c(c2)CC(F)(F)C2(CCN(C(=O)/N=C(\N)C(C)C)CC2)O3)c(F)c1. The summed E-state index contributed by atoms with van der Waals surface area (Å²) in [6.07, 6.45) is 1.31. The average molecular weight is 492 g/mol. The summed E-state index contributed by atoms with van der Waals surface area (Å²) in [6, 6.07) is 9.29. The van der Waals surface area contributed by atoms with Gasteiger partial charge in [-0.15, -0.1) is 11.8 Å². The molecule has 2 amide bonds. The molecule has 2 aliphatic heterocycles. The molecule has 0 saturated carbocycles. The standard InChI is InChI=1S/C25H28F3N3O2S/c1-15(2)22(29)30-23(32)31-10-8-24(9-11-31)25(27,28)14-17-12-16(4-7-21(17)33-24)19-6-5-18(34-3)13-20(19)26/h4-7,12-13,15H,8-11,14H2,1-3H3,(H2,29,30,32). The minimum Gasteiger partial charge on any atom is -0.481 e. The number of aliphatic imine (C=N–C) groups is 1. The van der Waals surface area contributed by atoms with Crippen LogP contribution in [0.4, 0.5) is 18.0 Å². The molecule has 1 saturated heterocycles. The van der Waals surface area contributed by atoms with Crippen LogP contribution in [0.5, 0.6) is 5.75 Å². The van der Waals surface area contributed by atoms with Crippen LogP contribution in [0.25, 0.3) is 11.1 Å². The van der Waals surface area contributed by atoms with E-state index in [1.165, 1.54) is 22.7 Å². The molecule has 2 heterocycles. The van der Waals surface area contributed by atoms with Gasteiger partial charge in [-0.3, -0.25) is 0 Å². The third-order valence-electron chi connectivity index (χ3n) is 6.59. The summed E-state index contributed by atoms with van der Waals surface area (Å²) in [5, 5.41) is 0. The number of nitrogens with two attached hydrogens (primary N) is 1. The van der Waals surface area contributed by atoms with Crippen molar-refractivity contribution < 1.29 is 22.7 Å². The Morgan fingerprint density at radius 3 is 2.50 bits per heavy atom. The number of amides is 2. The minimum atomic E-state index is -3.14. The lowest BCUT2D eigenvalue weighted by Crippen LogP contribution is -2.61. The molecule has 0 bridgehead atoms. The molecule has 1 fully saturated rings. The first-order valence-electron chi connectivity index (χ1n) is 11.2. The van der Waals surface area contributed by atoms with Crippen LogP contribution in [-0.4, -0.2) is 47.6 Å². The first kappa shape index (κ1) is 24.4. The van der Waals surface area contributed by atoms with Crippen molar-refractivity contribution in [1.82, 2.24) is 4.90 Å². The zero-order valence-corrected chi connectivity index (χ0v) is 20.2. The first-order valence-corrected chi connectivity index (χ1v) is 12.4. The second-order valence-corrected chi connectivity index (χ2v) is 9.99. The molecule has 9 heteroatoms. The van der Waals surface area contributed by atoms with Crippen molar-refractivity contribution in [3.8, 4) is 16.9 Å². The number of halogens is 3. The molecule has 1 spiro atoms. The Labute approximate surface area is 201 Å². The molecule has 0 radical (unpaired) electrons. The van der Waals surface area contributed by atoms with E-state index >= 15 is 8.78 Å². The summed E-state index contributed by atoms with van der Waals surface area (Å²) >= 11 is 1.43. The fourth-order valence-electron chi connectivity index (χ4n) is 4.36. The van der Waals surface area contributed by atoms with Crippen LogP contribution < -0.4 is 10.5 Å². The number of fused-ring (bicyclic) bond motifs is 1. The molecule has 0 aliphatic carbocycles. The molecule has 0 aromatic heterocycles. The molecule has 2 aromatic rings. The number of ether oxygens (including phenoxy) is 1. The number of thioether (sulfide) groups is 1. The third-order valence-corrected chi connectivity index (χ3v) is 7.32. The lowest BCUT2D eigenvalue weighted by atomic mass is 9.79. The number of carbonyl (C=O) groups is 1. The van der Waals surface area contributed by atoms with E-state index < -0.39 is 29.8 Å². The number of nitrogens with zero attached hydrogens (tertiary/aromatic N) is 2. The molecule has 2 aliphatic rings. The lowest BCUT2D eigenvalue weighted by Gasteiger charge is -2.48. The van der Waals surface area contributed by atoms with Gasteiger partial charge in [0.25, 0.3) is 5.92 Å². The summed E-state index contributed by atoms with van der Waals surface area (Å²) in [7, 11) is 0. The van der Waals surface area contributed by atoms with Crippen LogP contribution in [0.1, 0.15) is 32.3 Å². The molecule has 4 rings (SSSR count). The van der Waals surface area contributed by atoms with Crippen molar-refractivity contribution in [2.45, 2.75) is 49.5 Å². The van der Waals surface area contributed by atoms with Crippen molar-refractivity contribution in [2.24, 2.45) is 16.6 Å². The zero-order chi connectivity index (χ0) is 24.7. The molecule has 34 heavy (non-hydrogen) atoms. The number of piperidine rings is 1. The number of amidine groups is 1. The van der Waals surface area contributed by atoms with Crippen molar-refractivity contribution in [2.75, 3.05) is 19.3 Å². The van der Waals surface area contributed by atoms with Crippen LogP contribution in [0.2, 0.25) is 0 Å².